The fourth-order valence-corrected chi connectivity index (χ4v) is 5.86. The van der Waals surface area contributed by atoms with E-state index in [0.29, 0.717) is 29.8 Å². The van der Waals surface area contributed by atoms with E-state index in [1.165, 1.54) is 27.8 Å². The molecule has 2 aromatic heterocycles. The van der Waals surface area contributed by atoms with Crippen LogP contribution in [0.25, 0.3) is 10.8 Å². The molecule has 1 aliphatic rings. The number of thioether (sulfide) groups is 1. The molecule has 3 heterocycles. The van der Waals surface area contributed by atoms with E-state index in [9.17, 15) is 13.2 Å². The maximum atomic E-state index is 12.7. The van der Waals surface area contributed by atoms with E-state index in [0.717, 1.165) is 35.9 Å². The monoisotopic (exact) mass is 449 g/mol. The van der Waals surface area contributed by atoms with Crippen LogP contribution in [0, 0.1) is 0 Å². The van der Waals surface area contributed by atoms with Gasteiger partial charge in [-0.05, 0) is 36.4 Å². The predicted molar refractivity (Wildman–Crippen MR) is 112 cm³/mol. The van der Waals surface area contributed by atoms with E-state index in [1.807, 2.05) is 17.5 Å². The second-order valence-corrected chi connectivity index (χ2v) is 10.4. The molecule has 0 aliphatic carbocycles. The molecule has 3 aromatic rings. The summed E-state index contributed by atoms with van der Waals surface area (Å²) in [5, 5.41) is 10.2. The number of nitrogens with zero attached hydrogens (tertiary/aromatic N) is 3. The number of carbonyl (C=O) groups is 1. The molecule has 1 fully saturated rings. The van der Waals surface area contributed by atoms with E-state index in [1.54, 1.807) is 12.1 Å². The lowest BCUT2D eigenvalue weighted by molar-refractivity contribution is 0.102. The minimum absolute atomic E-state index is 0.129. The molecule has 7 nitrogen and oxygen atoms in total. The van der Waals surface area contributed by atoms with Gasteiger partial charge in [0.15, 0.2) is 5.78 Å². The van der Waals surface area contributed by atoms with E-state index in [4.69, 9.17) is 4.42 Å². The van der Waals surface area contributed by atoms with Gasteiger partial charge >= 0.3 is 0 Å². The van der Waals surface area contributed by atoms with Gasteiger partial charge in [-0.1, -0.05) is 36.4 Å². The normalized spacial score (nSPS) is 15.4. The van der Waals surface area contributed by atoms with Crippen LogP contribution in [0.15, 0.2) is 56.3 Å². The number of sulfonamides is 1. The van der Waals surface area contributed by atoms with Crippen LogP contribution >= 0.6 is 23.1 Å². The van der Waals surface area contributed by atoms with Crippen molar-refractivity contribution in [3.05, 3.63) is 47.3 Å². The molecule has 0 atom stereocenters. The highest BCUT2D eigenvalue weighted by molar-refractivity contribution is 7.99. The van der Waals surface area contributed by atoms with Crippen molar-refractivity contribution in [1.29, 1.82) is 0 Å². The molecule has 152 valence electrons. The first-order valence-corrected chi connectivity index (χ1v) is 12.5. The summed E-state index contributed by atoms with van der Waals surface area (Å²) >= 11 is 2.66. The predicted octanol–water partition coefficient (Wildman–Crippen LogP) is 3.95. The minimum Gasteiger partial charge on any atom is -0.410 e. The molecule has 0 amide bonds. The third-order valence-corrected chi connectivity index (χ3v) is 8.18. The molecule has 4 rings (SSSR count). The zero-order valence-corrected chi connectivity index (χ0v) is 17.9. The quantitative estimate of drug-likeness (QED) is 0.398. The zero-order chi connectivity index (χ0) is 20.3. The van der Waals surface area contributed by atoms with Gasteiger partial charge in [0.05, 0.1) is 15.5 Å². The van der Waals surface area contributed by atoms with Crippen LogP contribution in [0.3, 0.4) is 0 Å². The molecule has 0 saturated carbocycles. The van der Waals surface area contributed by atoms with E-state index >= 15 is 0 Å². The van der Waals surface area contributed by atoms with Crippen LogP contribution in [0.1, 0.15) is 29.6 Å². The van der Waals surface area contributed by atoms with Crippen molar-refractivity contribution in [2.45, 2.75) is 29.4 Å². The highest BCUT2D eigenvalue weighted by Gasteiger charge is 2.26. The third kappa shape index (κ3) is 4.61. The largest absolute Gasteiger partial charge is 0.410 e. The number of hydrogen-bond donors (Lipinski definition) is 0. The summed E-state index contributed by atoms with van der Waals surface area (Å²) in [4.78, 5) is 13.5. The number of carbonyl (C=O) groups excluding carboxylic acids is 1. The van der Waals surface area contributed by atoms with Crippen molar-refractivity contribution in [1.82, 2.24) is 14.5 Å². The fourth-order valence-electron chi connectivity index (χ4n) is 3.05. The molecule has 1 saturated heterocycles. The Hall–Kier alpha value is -2.01. The second-order valence-electron chi connectivity index (χ2n) is 6.55. The molecule has 0 unspecified atom stereocenters. The molecule has 29 heavy (non-hydrogen) atoms. The van der Waals surface area contributed by atoms with Gasteiger partial charge in [-0.15, -0.1) is 21.5 Å². The lowest BCUT2D eigenvalue weighted by Crippen LogP contribution is -2.35. The van der Waals surface area contributed by atoms with E-state index < -0.39 is 10.0 Å². The number of hydrogen-bond acceptors (Lipinski definition) is 8. The number of ketones is 1. The number of thiophene rings is 1. The third-order valence-electron chi connectivity index (χ3n) is 4.59. The molecule has 0 spiro atoms. The Balaban J connectivity index is 1.38. The first-order chi connectivity index (χ1) is 14.0. The number of Topliss-reactive ketones (excluding diaryl/α,β-unsaturated/α-hetero) is 1. The average molecular weight is 450 g/mol. The summed E-state index contributed by atoms with van der Waals surface area (Å²) in [6, 6.07) is 9.91. The van der Waals surface area contributed by atoms with Crippen LogP contribution < -0.4 is 0 Å². The van der Waals surface area contributed by atoms with Crippen LogP contribution in [-0.4, -0.2) is 47.5 Å². The molecule has 0 bridgehead atoms. The molecule has 0 N–H and O–H groups in total. The molecular formula is C19H19N3O4S3. The summed E-state index contributed by atoms with van der Waals surface area (Å²) < 4.78 is 32.5. The lowest BCUT2D eigenvalue weighted by Gasteiger charge is -2.25. The first kappa shape index (κ1) is 20.3. The Kier molecular flexibility index (Phi) is 6.14. The van der Waals surface area contributed by atoms with Gasteiger partial charge in [0.2, 0.25) is 10.0 Å². The number of rotatable bonds is 7. The fraction of sp³-hybridized carbons (Fsp3) is 0.316. The van der Waals surface area contributed by atoms with Crippen LogP contribution in [0.4, 0.5) is 0 Å². The topological polar surface area (TPSA) is 93.4 Å². The van der Waals surface area contributed by atoms with Gasteiger partial charge in [-0.2, -0.15) is 4.31 Å². The Morgan fingerprint density at radius 3 is 2.55 bits per heavy atom. The van der Waals surface area contributed by atoms with E-state index in [2.05, 4.69) is 10.2 Å². The van der Waals surface area contributed by atoms with Gasteiger partial charge < -0.3 is 4.42 Å². The highest BCUT2D eigenvalue weighted by Crippen LogP contribution is 2.27. The second kappa shape index (κ2) is 8.78. The van der Waals surface area contributed by atoms with Crippen LogP contribution in [0.5, 0.6) is 0 Å². The van der Waals surface area contributed by atoms with Crippen LogP contribution in [0.2, 0.25) is 0 Å². The molecular weight excluding hydrogens is 430 g/mol. The van der Waals surface area contributed by atoms with Gasteiger partial charge in [0.1, 0.15) is 0 Å². The number of piperidine rings is 1. The molecule has 10 heteroatoms. The van der Waals surface area contributed by atoms with Gasteiger partial charge in [-0.25, -0.2) is 8.42 Å². The molecule has 0 radical (unpaired) electrons. The van der Waals surface area contributed by atoms with Gasteiger partial charge in [-0.3, -0.25) is 4.79 Å². The summed E-state index contributed by atoms with van der Waals surface area (Å²) in [5.74, 6) is 0.430. The minimum atomic E-state index is -3.49. The van der Waals surface area contributed by atoms with Gasteiger partial charge in [0, 0.05) is 18.7 Å². The number of benzene rings is 1. The number of aromatic nitrogens is 2. The smallest absolute Gasteiger partial charge is 0.277 e. The summed E-state index contributed by atoms with van der Waals surface area (Å²) in [7, 11) is -3.49. The Bertz CT molecular complexity index is 1070. The lowest BCUT2D eigenvalue weighted by atomic mass is 10.1. The van der Waals surface area contributed by atoms with Crippen molar-refractivity contribution in [2.24, 2.45) is 0 Å². The Morgan fingerprint density at radius 1 is 1.10 bits per heavy atom. The average Bonchev–Trinajstić information content (AvgIpc) is 3.44. The summed E-state index contributed by atoms with van der Waals surface area (Å²) in [6.07, 6.45) is 2.83. The van der Waals surface area contributed by atoms with Crippen LogP contribution in [-0.2, 0) is 10.0 Å². The van der Waals surface area contributed by atoms with Crippen molar-refractivity contribution in [2.75, 3.05) is 18.8 Å². The maximum Gasteiger partial charge on any atom is 0.277 e. The maximum absolute atomic E-state index is 12.7. The van der Waals surface area contributed by atoms with Gasteiger partial charge in [0.25, 0.3) is 11.1 Å². The SMILES string of the molecule is O=C(CSc1nnc(-c2cccs2)o1)c1ccc(S(=O)(=O)N2CCCCC2)cc1. The Labute approximate surface area is 177 Å². The highest BCUT2D eigenvalue weighted by atomic mass is 32.2. The zero-order valence-electron chi connectivity index (χ0n) is 15.5. The van der Waals surface area contributed by atoms with E-state index in [-0.39, 0.29) is 16.4 Å². The molecule has 1 aromatic carbocycles. The summed E-state index contributed by atoms with van der Waals surface area (Å²) in [6.45, 7) is 1.11. The standard InChI is InChI=1S/C19H19N3O4S3/c23-16(13-28-19-21-20-18(26-19)17-5-4-12-27-17)14-6-8-15(9-7-14)29(24,25)22-10-2-1-3-11-22/h4-9,12H,1-3,10-11,13H2. The van der Waals surface area contributed by atoms with Crippen molar-refractivity contribution in [3.8, 4) is 10.8 Å². The Morgan fingerprint density at radius 2 is 1.86 bits per heavy atom. The summed E-state index contributed by atoms with van der Waals surface area (Å²) in [5.41, 5.74) is 0.452. The first-order valence-electron chi connectivity index (χ1n) is 9.17. The van der Waals surface area contributed by atoms with Crippen molar-refractivity contribution < 1.29 is 17.6 Å². The molecule has 1 aliphatic heterocycles. The van der Waals surface area contributed by atoms with Crippen molar-refractivity contribution in [3.63, 3.8) is 0 Å². The van der Waals surface area contributed by atoms with Crippen molar-refractivity contribution >= 4 is 38.9 Å².